The molecule has 0 unspecified atom stereocenters. The van der Waals surface area contributed by atoms with Gasteiger partial charge in [-0.25, -0.2) is 9.59 Å². The average Bonchev–Trinajstić information content (AvgIpc) is 2.47. The molecule has 2 aromatic heterocycles. The topological polar surface area (TPSA) is 144 Å². The van der Waals surface area contributed by atoms with E-state index in [1.54, 1.807) is 0 Å². The van der Waals surface area contributed by atoms with E-state index in [4.69, 9.17) is 0 Å². The second-order valence-electron chi connectivity index (χ2n) is 5.10. The Morgan fingerprint density at radius 3 is 1.42 bits per heavy atom. The molecule has 126 valence electrons. The van der Waals surface area contributed by atoms with Gasteiger partial charge in [-0.3, -0.25) is 38.3 Å². The van der Waals surface area contributed by atoms with Crippen LogP contribution in [0.15, 0.2) is 31.6 Å². The Labute approximate surface area is 133 Å². The zero-order valence-corrected chi connectivity index (χ0v) is 12.9. The number of hydrogen-bond acceptors (Lipinski definition) is 6. The first-order valence-corrected chi connectivity index (χ1v) is 6.90. The largest absolute Gasteiger partial charge is 0.328 e. The van der Waals surface area contributed by atoms with Crippen molar-refractivity contribution in [3.63, 3.8) is 0 Å². The molecule has 0 amide bonds. The molecule has 10 nitrogen and oxygen atoms in total. The van der Waals surface area contributed by atoms with E-state index >= 15 is 0 Å². The first-order valence-electron chi connectivity index (χ1n) is 6.90. The van der Waals surface area contributed by atoms with Crippen molar-refractivity contribution in [2.45, 2.75) is 26.9 Å². The van der Waals surface area contributed by atoms with E-state index < -0.39 is 34.1 Å². The number of aromatic amines is 2. The number of rotatable bonds is 5. The molecule has 0 fully saturated rings. The molecule has 0 aliphatic heterocycles. The summed E-state index contributed by atoms with van der Waals surface area (Å²) in [5.74, 6) is -1.02. The molecule has 10 heteroatoms. The van der Waals surface area contributed by atoms with Gasteiger partial charge in [-0.1, -0.05) is 0 Å². The van der Waals surface area contributed by atoms with E-state index in [-0.39, 0.29) is 24.2 Å². The number of aryl methyl sites for hydroxylation is 2. The maximum Gasteiger partial charge on any atom is 0.328 e. The van der Waals surface area contributed by atoms with Crippen molar-refractivity contribution in [1.82, 2.24) is 19.1 Å². The quantitative estimate of drug-likeness (QED) is 0.636. The standard InChI is InChI=1S/C14H14N4O6/c1-7(19)9-5-17(13(23)15-11(9)21)3-4-18-6-10(8(2)20)12(22)16-14(18)24/h5-6H,3-4H2,1-2H3,(H,15,21,23)(H,16,22,24). The van der Waals surface area contributed by atoms with E-state index in [0.717, 1.165) is 21.5 Å². The summed E-state index contributed by atoms with van der Waals surface area (Å²) in [5, 5.41) is 0. The number of nitrogens with zero attached hydrogens (tertiary/aromatic N) is 2. The van der Waals surface area contributed by atoms with Gasteiger partial charge in [0.1, 0.15) is 0 Å². The van der Waals surface area contributed by atoms with Crippen LogP contribution in [0.5, 0.6) is 0 Å². The van der Waals surface area contributed by atoms with Crippen molar-refractivity contribution in [2.75, 3.05) is 0 Å². The molecule has 24 heavy (non-hydrogen) atoms. The lowest BCUT2D eigenvalue weighted by molar-refractivity contribution is 0.100. The Balaban J connectivity index is 2.39. The minimum atomic E-state index is -0.788. The van der Waals surface area contributed by atoms with Gasteiger partial charge in [0.05, 0.1) is 11.1 Å². The van der Waals surface area contributed by atoms with Crippen molar-refractivity contribution in [2.24, 2.45) is 0 Å². The van der Waals surface area contributed by atoms with Crippen molar-refractivity contribution < 1.29 is 9.59 Å². The summed E-state index contributed by atoms with van der Waals surface area (Å²) < 4.78 is 2.12. The lowest BCUT2D eigenvalue weighted by Crippen LogP contribution is -2.36. The monoisotopic (exact) mass is 334 g/mol. The molecular weight excluding hydrogens is 320 g/mol. The summed E-state index contributed by atoms with van der Waals surface area (Å²) in [6.07, 6.45) is 2.21. The van der Waals surface area contributed by atoms with E-state index in [2.05, 4.69) is 0 Å². The highest BCUT2D eigenvalue weighted by Gasteiger charge is 2.11. The summed E-state index contributed by atoms with van der Waals surface area (Å²) in [6, 6.07) is 0. The first kappa shape index (κ1) is 17.1. The molecular formula is C14H14N4O6. The summed E-state index contributed by atoms with van der Waals surface area (Å²) in [4.78, 5) is 73.2. The Morgan fingerprint density at radius 2 is 1.12 bits per heavy atom. The Bertz CT molecular complexity index is 967. The van der Waals surface area contributed by atoms with Gasteiger partial charge >= 0.3 is 11.4 Å². The van der Waals surface area contributed by atoms with Crippen LogP contribution < -0.4 is 22.5 Å². The van der Waals surface area contributed by atoms with Crippen molar-refractivity contribution >= 4 is 11.6 Å². The van der Waals surface area contributed by atoms with Gasteiger partial charge in [0.25, 0.3) is 11.1 Å². The number of H-pyrrole nitrogens is 2. The van der Waals surface area contributed by atoms with Gasteiger partial charge in [-0.15, -0.1) is 0 Å². The minimum Gasteiger partial charge on any atom is -0.298 e. The van der Waals surface area contributed by atoms with Gasteiger partial charge in [0, 0.05) is 25.5 Å². The van der Waals surface area contributed by atoms with E-state index in [1.807, 2.05) is 9.97 Å². The molecule has 0 saturated heterocycles. The first-order chi connectivity index (χ1) is 11.2. The molecule has 0 aliphatic rings. The average molecular weight is 334 g/mol. The molecule has 2 rings (SSSR count). The van der Waals surface area contributed by atoms with Crippen molar-refractivity contribution in [1.29, 1.82) is 0 Å². The SMILES string of the molecule is CC(=O)c1cn(CCn2cc(C(C)=O)c(=O)[nH]c2=O)c(=O)[nH]c1=O. The van der Waals surface area contributed by atoms with Crippen LogP contribution in [0.2, 0.25) is 0 Å². The molecule has 2 heterocycles. The third-order valence-corrected chi connectivity index (χ3v) is 3.36. The summed E-state index contributed by atoms with van der Waals surface area (Å²) in [5.41, 5.74) is -3.43. The van der Waals surface area contributed by atoms with E-state index in [1.165, 1.54) is 13.8 Å². The molecule has 0 bridgehead atoms. The van der Waals surface area contributed by atoms with Gasteiger partial charge in [-0.2, -0.15) is 0 Å². The number of aromatic nitrogens is 4. The van der Waals surface area contributed by atoms with Crippen LogP contribution in [0.4, 0.5) is 0 Å². The second kappa shape index (κ2) is 6.44. The Hall–Kier alpha value is -3.30. The fraction of sp³-hybridized carbons (Fsp3) is 0.286. The summed E-state index contributed by atoms with van der Waals surface area (Å²) >= 11 is 0. The van der Waals surface area contributed by atoms with Gasteiger partial charge < -0.3 is 0 Å². The molecule has 2 aromatic rings. The van der Waals surface area contributed by atoms with Crippen molar-refractivity contribution in [3.8, 4) is 0 Å². The maximum absolute atomic E-state index is 11.7. The fourth-order valence-corrected chi connectivity index (χ4v) is 2.07. The lowest BCUT2D eigenvalue weighted by atomic mass is 10.2. The van der Waals surface area contributed by atoms with Crippen LogP contribution >= 0.6 is 0 Å². The molecule has 0 spiro atoms. The zero-order valence-electron chi connectivity index (χ0n) is 12.9. The zero-order chi connectivity index (χ0) is 18.0. The Morgan fingerprint density at radius 1 is 0.792 bits per heavy atom. The lowest BCUT2D eigenvalue weighted by Gasteiger charge is -2.09. The highest BCUT2D eigenvalue weighted by Crippen LogP contribution is 1.93. The smallest absolute Gasteiger partial charge is 0.298 e. The van der Waals surface area contributed by atoms with E-state index in [0.29, 0.717) is 0 Å². The predicted molar refractivity (Wildman–Crippen MR) is 82.7 cm³/mol. The number of Topliss-reactive ketones (excluding diaryl/α,β-unsaturated/α-hetero) is 2. The number of carbonyl (C=O) groups excluding carboxylic acids is 2. The van der Waals surface area contributed by atoms with Crippen LogP contribution in [0.25, 0.3) is 0 Å². The fourth-order valence-electron chi connectivity index (χ4n) is 2.07. The predicted octanol–water partition coefficient (Wildman–Crippen LogP) is -1.51. The summed E-state index contributed by atoms with van der Waals surface area (Å²) in [6.45, 7) is 2.26. The molecule has 0 aromatic carbocycles. The second-order valence-corrected chi connectivity index (χ2v) is 5.10. The van der Waals surface area contributed by atoms with Gasteiger partial charge in [0.2, 0.25) is 0 Å². The van der Waals surface area contributed by atoms with Crippen LogP contribution in [0.1, 0.15) is 34.6 Å². The minimum absolute atomic E-state index is 0.0564. The molecule has 0 saturated carbocycles. The van der Waals surface area contributed by atoms with Crippen LogP contribution in [0, 0.1) is 0 Å². The third-order valence-electron chi connectivity index (χ3n) is 3.36. The maximum atomic E-state index is 11.7. The van der Waals surface area contributed by atoms with Gasteiger partial charge in [-0.05, 0) is 13.8 Å². The highest BCUT2D eigenvalue weighted by atomic mass is 16.2. The van der Waals surface area contributed by atoms with Crippen molar-refractivity contribution in [3.05, 3.63) is 65.2 Å². The number of nitrogens with one attached hydrogen (secondary N) is 2. The number of ketones is 2. The Kier molecular flexibility index (Phi) is 4.58. The van der Waals surface area contributed by atoms with Crippen LogP contribution in [-0.4, -0.2) is 30.7 Å². The molecule has 0 aliphatic carbocycles. The molecule has 2 N–H and O–H groups in total. The van der Waals surface area contributed by atoms with Crippen LogP contribution in [-0.2, 0) is 13.1 Å². The van der Waals surface area contributed by atoms with Crippen LogP contribution in [0.3, 0.4) is 0 Å². The van der Waals surface area contributed by atoms with Gasteiger partial charge in [0.15, 0.2) is 11.6 Å². The normalized spacial score (nSPS) is 10.6. The molecule has 0 atom stereocenters. The number of hydrogen-bond donors (Lipinski definition) is 2. The number of carbonyl (C=O) groups is 2. The van der Waals surface area contributed by atoms with E-state index in [9.17, 15) is 28.8 Å². The highest BCUT2D eigenvalue weighted by molar-refractivity contribution is 5.93. The summed E-state index contributed by atoms with van der Waals surface area (Å²) in [7, 11) is 0. The molecule has 0 radical (unpaired) electrons. The third kappa shape index (κ3) is 3.37.